The van der Waals surface area contributed by atoms with E-state index in [9.17, 15) is 18.6 Å². The number of benzene rings is 2. The molecule has 3 unspecified atom stereocenters. The first-order valence-electron chi connectivity index (χ1n) is 10.4. The first-order valence-corrected chi connectivity index (χ1v) is 12.2. The molecule has 0 aliphatic carbocycles. The van der Waals surface area contributed by atoms with Gasteiger partial charge in [0.15, 0.2) is 0 Å². The van der Waals surface area contributed by atoms with Gasteiger partial charge in [-0.15, -0.1) is 0 Å². The third-order valence-corrected chi connectivity index (χ3v) is 8.20. The van der Waals surface area contributed by atoms with Crippen LogP contribution in [0.3, 0.4) is 0 Å². The third kappa shape index (κ3) is 5.33. The van der Waals surface area contributed by atoms with Gasteiger partial charge in [-0.1, -0.05) is 41.9 Å². The average molecular weight is 494 g/mol. The third-order valence-electron chi connectivity index (χ3n) is 5.40. The molecule has 8 nitrogen and oxygen atoms in total. The first-order chi connectivity index (χ1) is 15.5. The summed E-state index contributed by atoms with van der Waals surface area (Å²) in [6.07, 6.45) is -1.17. The number of ether oxygens (including phenoxy) is 1. The Morgan fingerprint density at radius 3 is 2.27 bits per heavy atom. The Morgan fingerprint density at radius 1 is 1.12 bits per heavy atom. The lowest BCUT2D eigenvalue weighted by molar-refractivity contribution is 0.0731. The molecule has 0 saturated heterocycles. The van der Waals surface area contributed by atoms with Gasteiger partial charge in [0, 0.05) is 7.05 Å². The van der Waals surface area contributed by atoms with Crippen molar-refractivity contribution in [3.63, 3.8) is 0 Å². The number of phenols is 1. The van der Waals surface area contributed by atoms with Crippen LogP contribution in [0.15, 0.2) is 59.5 Å². The van der Waals surface area contributed by atoms with Crippen LogP contribution in [0.5, 0.6) is 11.5 Å². The van der Waals surface area contributed by atoms with Gasteiger partial charge in [0.1, 0.15) is 28.2 Å². The topological polar surface area (TPSA) is 105 Å². The summed E-state index contributed by atoms with van der Waals surface area (Å²) in [5, 5.41) is 24.7. The molecule has 2 aromatic carbocycles. The lowest BCUT2D eigenvalue weighted by Crippen LogP contribution is -2.49. The number of para-hydroxylation sites is 1. The molecule has 3 aromatic rings. The first kappa shape index (κ1) is 25.0. The number of aromatic nitrogens is 2. The van der Waals surface area contributed by atoms with E-state index in [4.69, 9.17) is 16.3 Å². The second-order valence-corrected chi connectivity index (χ2v) is 10.1. The van der Waals surface area contributed by atoms with Gasteiger partial charge in [-0.3, -0.25) is 4.68 Å². The second-order valence-electron chi connectivity index (χ2n) is 7.91. The number of halogens is 1. The van der Waals surface area contributed by atoms with Crippen LogP contribution in [0.1, 0.15) is 31.2 Å². The highest BCUT2D eigenvalue weighted by atomic mass is 35.5. The van der Waals surface area contributed by atoms with Gasteiger partial charge in [-0.05, 0) is 50.6 Å². The van der Waals surface area contributed by atoms with Gasteiger partial charge < -0.3 is 14.9 Å². The summed E-state index contributed by atoms with van der Waals surface area (Å²) in [5.74, 6) is 0.648. The Labute approximate surface area is 199 Å². The molecule has 0 fully saturated rings. The fraction of sp³-hybridized carbons (Fsp3) is 0.348. The lowest BCUT2D eigenvalue weighted by Gasteiger charge is -2.36. The summed E-state index contributed by atoms with van der Waals surface area (Å²) in [5.41, 5.74) is 0.723. The van der Waals surface area contributed by atoms with Crippen LogP contribution in [0.25, 0.3) is 0 Å². The number of aromatic hydroxyl groups is 1. The maximum absolute atomic E-state index is 13.9. The second kappa shape index (κ2) is 10.1. The van der Waals surface area contributed by atoms with Crippen molar-refractivity contribution in [2.75, 3.05) is 6.61 Å². The standard InChI is InChI=1S/C23H28ClN3O5S/c1-15(14-32-20-8-6-5-7-9-20)27(17(3)21(29)18-10-12-19(28)13-11-18)33(30,31)22-16(2)25-26(4)23(22)24/h5-13,15,17,21,28-29H,14H2,1-4H3. The average Bonchev–Trinajstić information content (AvgIpc) is 3.04. The SMILES string of the molecule is Cc1nn(C)c(Cl)c1S(=O)(=O)N(C(C)COc1ccccc1)C(C)C(O)c1ccc(O)cc1. The molecule has 0 amide bonds. The van der Waals surface area contributed by atoms with Crippen LogP contribution in [0.2, 0.25) is 5.15 Å². The van der Waals surface area contributed by atoms with Crippen molar-refractivity contribution >= 4 is 21.6 Å². The van der Waals surface area contributed by atoms with Crippen molar-refractivity contribution in [3.8, 4) is 11.5 Å². The van der Waals surface area contributed by atoms with E-state index < -0.39 is 28.2 Å². The molecular weight excluding hydrogens is 466 g/mol. The molecule has 0 spiro atoms. The van der Waals surface area contributed by atoms with Crippen molar-refractivity contribution in [1.82, 2.24) is 14.1 Å². The number of hydrogen-bond acceptors (Lipinski definition) is 6. The Balaban J connectivity index is 2.00. The molecule has 178 valence electrons. The van der Waals surface area contributed by atoms with Crippen LogP contribution < -0.4 is 4.74 Å². The van der Waals surface area contributed by atoms with Crippen LogP contribution >= 0.6 is 11.6 Å². The Hall–Kier alpha value is -2.59. The number of phenolic OH excluding ortho intramolecular Hbond substituents is 1. The van der Waals surface area contributed by atoms with Crippen molar-refractivity contribution in [3.05, 3.63) is 71.0 Å². The summed E-state index contributed by atoms with van der Waals surface area (Å²) in [6, 6.07) is 13.5. The predicted molar refractivity (Wildman–Crippen MR) is 126 cm³/mol. The van der Waals surface area contributed by atoms with Gasteiger partial charge in [0.2, 0.25) is 10.0 Å². The van der Waals surface area contributed by atoms with Crippen molar-refractivity contribution in [1.29, 1.82) is 0 Å². The van der Waals surface area contributed by atoms with E-state index in [1.165, 1.54) is 21.1 Å². The largest absolute Gasteiger partial charge is 0.508 e. The number of aliphatic hydroxyl groups is 1. The highest BCUT2D eigenvalue weighted by Gasteiger charge is 2.40. The number of sulfonamides is 1. The monoisotopic (exact) mass is 493 g/mol. The minimum Gasteiger partial charge on any atom is -0.508 e. The summed E-state index contributed by atoms with van der Waals surface area (Å²) < 4.78 is 36.0. The van der Waals surface area contributed by atoms with E-state index in [0.717, 1.165) is 0 Å². The summed E-state index contributed by atoms with van der Waals surface area (Å²) in [4.78, 5) is -0.108. The van der Waals surface area contributed by atoms with Crippen LogP contribution in [0, 0.1) is 6.92 Å². The Bertz CT molecular complexity index is 1180. The number of aryl methyl sites for hydroxylation is 2. The number of nitrogens with zero attached hydrogens (tertiary/aromatic N) is 3. The Morgan fingerprint density at radius 2 is 1.73 bits per heavy atom. The molecular formula is C23H28ClN3O5S. The molecule has 1 heterocycles. The zero-order chi connectivity index (χ0) is 24.3. The maximum Gasteiger partial charge on any atom is 0.248 e. The molecule has 0 aliphatic heterocycles. The number of rotatable bonds is 9. The van der Waals surface area contributed by atoms with Crippen LogP contribution in [0.4, 0.5) is 0 Å². The van der Waals surface area contributed by atoms with Crippen molar-refractivity contribution in [2.24, 2.45) is 7.05 Å². The molecule has 0 saturated carbocycles. The van der Waals surface area contributed by atoms with Gasteiger partial charge in [0.25, 0.3) is 0 Å². The predicted octanol–water partition coefficient (Wildman–Crippen LogP) is 3.67. The van der Waals surface area contributed by atoms with E-state index in [1.807, 2.05) is 18.2 Å². The molecule has 0 aliphatic rings. The van der Waals surface area contributed by atoms with Gasteiger partial charge >= 0.3 is 0 Å². The minimum absolute atomic E-state index is 0.0139. The van der Waals surface area contributed by atoms with E-state index >= 15 is 0 Å². The van der Waals surface area contributed by atoms with Crippen molar-refractivity contribution in [2.45, 2.75) is 43.9 Å². The zero-order valence-electron chi connectivity index (χ0n) is 18.9. The molecule has 33 heavy (non-hydrogen) atoms. The highest BCUT2D eigenvalue weighted by molar-refractivity contribution is 7.89. The fourth-order valence-corrected chi connectivity index (χ4v) is 6.29. The molecule has 3 atom stereocenters. The van der Waals surface area contributed by atoms with E-state index in [-0.39, 0.29) is 28.1 Å². The normalized spacial score (nSPS) is 14.8. The fourth-order valence-electron chi connectivity index (χ4n) is 3.76. The van der Waals surface area contributed by atoms with E-state index in [2.05, 4.69) is 5.10 Å². The quantitative estimate of drug-likeness (QED) is 0.471. The van der Waals surface area contributed by atoms with Gasteiger partial charge in [0.05, 0.1) is 23.9 Å². The molecule has 2 N–H and O–H groups in total. The lowest BCUT2D eigenvalue weighted by atomic mass is 10.0. The number of hydrogen-bond donors (Lipinski definition) is 2. The molecule has 0 radical (unpaired) electrons. The van der Waals surface area contributed by atoms with Gasteiger partial charge in [-0.25, -0.2) is 8.42 Å². The number of aliphatic hydroxyl groups excluding tert-OH is 1. The van der Waals surface area contributed by atoms with Crippen molar-refractivity contribution < 1.29 is 23.4 Å². The van der Waals surface area contributed by atoms with Crippen LogP contribution in [-0.4, -0.2) is 51.4 Å². The maximum atomic E-state index is 13.9. The Kier molecular flexibility index (Phi) is 7.69. The minimum atomic E-state index is -4.18. The molecule has 3 rings (SSSR count). The summed E-state index contributed by atoms with van der Waals surface area (Å²) >= 11 is 6.31. The molecule has 10 heteroatoms. The summed E-state index contributed by atoms with van der Waals surface area (Å²) in [7, 11) is -2.61. The van der Waals surface area contributed by atoms with Gasteiger partial charge in [-0.2, -0.15) is 9.40 Å². The zero-order valence-corrected chi connectivity index (χ0v) is 20.5. The smallest absolute Gasteiger partial charge is 0.248 e. The molecule has 0 bridgehead atoms. The molecule has 1 aromatic heterocycles. The van der Waals surface area contributed by atoms with E-state index in [0.29, 0.717) is 11.3 Å². The summed E-state index contributed by atoms with van der Waals surface area (Å²) in [6.45, 7) is 4.95. The van der Waals surface area contributed by atoms with E-state index in [1.54, 1.807) is 52.1 Å². The van der Waals surface area contributed by atoms with Crippen LogP contribution in [-0.2, 0) is 17.1 Å². The highest BCUT2D eigenvalue weighted by Crippen LogP contribution is 2.33.